The fraction of sp³-hybridized carbons (Fsp3) is 1.00. The average Bonchev–Trinajstić information content (AvgIpc) is 3.36. The summed E-state index contributed by atoms with van der Waals surface area (Å²) in [5.41, 5.74) is 0. The first-order valence-electron chi connectivity index (χ1n) is 31.7. The van der Waals surface area contributed by atoms with E-state index in [-0.39, 0.29) is 32.7 Å². The van der Waals surface area contributed by atoms with E-state index in [0.717, 1.165) is 172 Å². The molecular weight excluding hydrogens is 1120 g/mol. The molecule has 0 saturated carbocycles. The van der Waals surface area contributed by atoms with Gasteiger partial charge in [-0.05, 0) is 74.0 Å². The van der Waals surface area contributed by atoms with E-state index in [1.807, 2.05) is 0 Å². The molecule has 0 aromatic rings. The monoisotopic (exact) mass is 1250 g/mol. The summed E-state index contributed by atoms with van der Waals surface area (Å²) in [5.74, 6) is 4.84. The summed E-state index contributed by atoms with van der Waals surface area (Å²) in [5, 5.41) is 4.66. The summed E-state index contributed by atoms with van der Waals surface area (Å²) in [4.78, 5) is 29.3. The Bertz CT molecular complexity index is 1140. The molecule has 0 amide bonds. The van der Waals surface area contributed by atoms with Gasteiger partial charge in [0.05, 0.1) is 39.6 Å². The van der Waals surface area contributed by atoms with Crippen molar-refractivity contribution < 1.29 is 88.2 Å². The third-order valence-corrected chi connectivity index (χ3v) is 22.2. The van der Waals surface area contributed by atoms with Crippen LogP contribution in [0.3, 0.4) is 0 Å². The number of rotatable bonds is 48. The Morgan fingerprint density at radius 2 is 0.455 bits per heavy atom. The maximum atomic E-state index is 11.9. The molecule has 77 heavy (non-hydrogen) atoms. The first-order chi connectivity index (χ1) is 35.9. The van der Waals surface area contributed by atoms with E-state index in [1.165, 1.54) is 0 Å². The maximum Gasteiger partial charge on any atom is 0.472 e. The molecule has 0 bridgehead atoms. The van der Waals surface area contributed by atoms with Crippen molar-refractivity contribution in [1.82, 2.24) is 0 Å². The molecular formula is C60H132AlO12P3Y. The van der Waals surface area contributed by atoms with E-state index >= 15 is 0 Å². The number of phosphoric ester groups is 3. The second kappa shape index (κ2) is 58.4. The normalized spacial score (nSPS) is 16.2. The van der Waals surface area contributed by atoms with Crippen LogP contribution < -0.4 is 0 Å². The molecule has 0 rings (SSSR count). The van der Waals surface area contributed by atoms with Crippen molar-refractivity contribution in [3.8, 4) is 0 Å². The van der Waals surface area contributed by atoms with Gasteiger partial charge in [0, 0.05) is 32.7 Å². The van der Waals surface area contributed by atoms with Crippen molar-refractivity contribution >= 4 is 37.6 Å². The number of hydrogen-bond acceptors (Lipinski definition) is 9. The van der Waals surface area contributed by atoms with Crippen LogP contribution in [-0.4, -0.2) is 68.5 Å². The van der Waals surface area contributed by atoms with Gasteiger partial charge < -0.3 is 14.7 Å². The molecule has 0 aliphatic heterocycles. The average molecular weight is 1250 g/mol. The second-order valence-electron chi connectivity index (χ2n) is 23.4. The van der Waals surface area contributed by atoms with E-state index in [4.69, 9.17) is 27.1 Å². The van der Waals surface area contributed by atoms with Crippen LogP contribution in [0, 0.1) is 53.3 Å². The van der Waals surface area contributed by atoms with Gasteiger partial charge in [0.15, 0.2) is 0 Å². The molecule has 12 nitrogen and oxygen atoms in total. The van der Waals surface area contributed by atoms with Gasteiger partial charge in [-0.25, -0.2) is 13.7 Å². The molecule has 3 N–H and O–H groups in total. The molecule has 0 aliphatic carbocycles. The summed E-state index contributed by atoms with van der Waals surface area (Å²) < 4.78 is 66.7. The Kier molecular flexibility index (Phi) is 66.5. The Hall–Kier alpha value is 1.97. The van der Waals surface area contributed by atoms with Crippen LogP contribution in [0.15, 0.2) is 0 Å². The molecule has 1 radical (unpaired) electrons. The minimum Gasteiger partial charge on any atom is -0.302 e. The van der Waals surface area contributed by atoms with Crippen LogP contribution in [0.4, 0.5) is 0 Å². The second-order valence-corrected chi connectivity index (χ2v) is 30.9. The van der Waals surface area contributed by atoms with E-state index in [1.54, 1.807) is 15.8 Å². The minimum absolute atomic E-state index is 0. The third kappa shape index (κ3) is 60.9. The zero-order valence-electron chi connectivity index (χ0n) is 54.0. The van der Waals surface area contributed by atoms with Crippen molar-refractivity contribution in [2.24, 2.45) is 53.3 Å². The number of phosphoric acid groups is 3. The Morgan fingerprint density at radius 3 is 0.558 bits per heavy atom. The zero-order chi connectivity index (χ0) is 58.9. The van der Waals surface area contributed by atoms with Crippen LogP contribution in [0.5, 0.6) is 0 Å². The Labute approximate surface area is 509 Å². The Balaban J connectivity index is -0.000000302. The predicted octanol–water partition coefficient (Wildman–Crippen LogP) is 21.1. The van der Waals surface area contributed by atoms with Gasteiger partial charge in [0.2, 0.25) is 0 Å². The van der Waals surface area contributed by atoms with Crippen molar-refractivity contribution in [3.63, 3.8) is 0 Å². The molecule has 0 aliphatic rings. The van der Waals surface area contributed by atoms with E-state index in [2.05, 4.69) is 125 Å². The van der Waals surface area contributed by atoms with Crippen LogP contribution >= 0.6 is 23.5 Å². The predicted molar refractivity (Wildman–Crippen MR) is 330 cm³/mol. The third-order valence-electron chi connectivity index (χ3n) is 14.5. The smallest absolute Gasteiger partial charge is 0.302 e. The summed E-state index contributed by atoms with van der Waals surface area (Å²) in [7, 11) is -11.7. The van der Waals surface area contributed by atoms with Gasteiger partial charge in [-0.2, -0.15) is 0 Å². The summed E-state index contributed by atoms with van der Waals surface area (Å²) in [6.07, 6.45) is 25.7. The van der Waals surface area contributed by atoms with Gasteiger partial charge in [0.1, 0.15) is 0 Å². The van der Waals surface area contributed by atoms with Gasteiger partial charge >= 0.3 is 23.5 Å². The van der Waals surface area contributed by atoms with E-state index in [0.29, 0.717) is 75.1 Å². The van der Waals surface area contributed by atoms with Crippen molar-refractivity contribution in [1.29, 1.82) is 0 Å². The summed E-state index contributed by atoms with van der Waals surface area (Å²) in [6, 6.07) is 0. The van der Waals surface area contributed by atoms with E-state index in [9.17, 15) is 28.4 Å². The van der Waals surface area contributed by atoms with Crippen LogP contribution in [-0.2, 0) is 73.5 Å². The molecule has 0 heterocycles. The van der Waals surface area contributed by atoms with Crippen LogP contribution in [0.25, 0.3) is 0 Å². The van der Waals surface area contributed by atoms with Gasteiger partial charge in [-0.1, -0.05) is 274 Å². The quantitative estimate of drug-likeness (QED) is 0.0390. The minimum atomic E-state index is -3.89. The molecule has 0 spiro atoms. The fourth-order valence-electron chi connectivity index (χ4n) is 8.99. The van der Waals surface area contributed by atoms with Crippen LogP contribution in [0.2, 0.25) is 15.8 Å². The number of hydrogen-bond donors (Lipinski definition) is 3. The molecule has 0 aromatic heterocycles. The molecule has 0 fully saturated rings. The first kappa shape index (κ1) is 87.7. The molecule has 6 atom stereocenters. The maximum absolute atomic E-state index is 11.9. The van der Waals surface area contributed by atoms with Gasteiger partial charge in [-0.3, -0.25) is 27.1 Å². The fourth-order valence-corrected chi connectivity index (χ4v) is 16.2. The first-order valence-corrected chi connectivity index (χ1v) is 38.7. The largest absolute Gasteiger partial charge is 0.472 e. The van der Waals surface area contributed by atoms with Gasteiger partial charge in [-0.15, -0.1) is 0 Å². The molecule has 0 saturated heterocycles. The van der Waals surface area contributed by atoms with Crippen LogP contribution in [0.1, 0.15) is 279 Å². The van der Waals surface area contributed by atoms with Crippen molar-refractivity contribution in [2.75, 3.05) is 39.6 Å². The molecule has 17 heteroatoms. The summed E-state index contributed by atoms with van der Waals surface area (Å²) in [6.45, 7) is 41.6. The molecule has 0 aromatic carbocycles. The SMILES string of the molecule is CC(C)[CH2][Al]([CH2]C(C)C)[CH2]C(C)C.CCCCC(CC)COP(=O)(O)OCC(CC)CCCC.CCCCC(CC)COP(=O)(O)OCC(CC)CCCC.CCCCC(CC)COP(=O)(O)OCC(CC)CCCC.[Y]. The van der Waals surface area contributed by atoms with E-state index < -0.39 is 37.6 Å². The van der Waals surface area contributed by atoms with Crippen molar-refractivity contribution in [2.45, 2.75) is 295 Å². The van der Waals surface area contributed by atoms with Crippen molar-refractivity contribution in [3.05, 3.63) is 0 Å². The Morgan fingerprint density at radius 1 is 0.312 bits per heavy atom. The summed E-state index contributed by atoms with van der Waals surface area (Å²) >= 11 is -0.407. The molecule has 465 valence electrons. The topological polar surface area (TPSA) is 167 Å². The standard InChI is InChI=1S/3C16H35O4P.3C4H9.Al.Y/c3*1-5-9-11-15(7-3)13-19-21(17,18)20-14-16(8-4)12-10-6-2;3*1-4(2)3;;/h3*15-16H,5-14H2,1-4H3,(H,17,18);3*4H,1H2,2-3H3;;. The number of unbranched alkanes of at least 4 members (excludes halogenated alkanes) is 6. The van der Waals surface area contributed by atoms with Gasteiger partial charge in [0.25, 0.3) is 14.1 Å². The molecule has 6 unspecified atom stereocenters. The zero-order valence-corrected chi connectivity index (χ0v) is 60.7.